The van der Waals surface area contributed by atoms with E-state index < -0.39 is 27.8 Å². The third-order valence-electron chi connectivity index (χ3n) is 4.35. The molecule has 144 valence electrons. The van der Waals surface area contributed by atoms with Crippen LogP contribution in [-0.2, 0) is 19.4 Å². The van der Waals surface area contributed by atoms with E-state index in [1.54, 1.807) is 24.3 Å². The number of hydrogen-bond donors (Lipinski definition) is 1. The van der Waals surface area contributed by atoms with E-state index >= 15 is 0 Å². The summed E-state index contributed by atoms with van der Waals surface area (Å²) >= 11 is 3.35. The number of aliphatic carboxylic acids is 1. The van der Waals surface area contributed by atoms with E-state index in [0.29, 0.717) is 17.9 Å². The van der Waals surface area contributed by atoms with E-state index in [2.05, 4.69) is 15.9 Å². The highest BCUT2D eigenvalue weighted by atomic mass is 79.9. The molecule has 2 unspecified atom stereocenters. The van der Waals surface area contributed by atoms with Crippen LogP contribution < -0.4 is 4.74 Å². The Balaban J connectivity index is 1.66. The predicted molar refractivity (Wildman–Crippen MR) is 103 cm³/mol. The Morgan fingerprint density at radius 1 is 1.11 bits per heavy atom. The molecule has 3 rings (SSSR count). The smallest absolute Gasteiger partial charge is 0.306 e. The minimum atomic E-state index is -3.58. The Hall–Kier alpha value is -1.90. The first-order valence-corrected chi connectivity index (χ1v) is 10.9. The highest BCUT2D eigenvalue weighted by Gasteiger charge is 2.31. The largest absolute Gasteiger partial charge is 0.481 e. The predicted octanol–water partition coefficient (Wildman–Crippen LogP) is 3.89. The van der Waals surface area contributed by atoms with Gasteiger partial charge in [0.1, 0.15) is 11.5 Å². The molecule has 8 heteroatoms. The Bertz CT molecular complexity index is 893. The lowest BCUT2D eigenvalue weighted by atomic mass is 9.97. The molecule has 1 saturated heterocycles. The van der Waals surface area contributed by atoms with Crippen molar-refractivity contribution in [3.05, 3.63) is 53.0 Å². The molecule has 0 amide bonds. The van der Waals surface area contributed by atoms with Gasteiger partial charge < -0.3 is 14.6 Å². The Kier molecular flexibility index (Phi) is 6.18. The maximum absolute atomic E-state index is 12.6. The van der Waals surface area contributed by atoms with Gasteiger partial charge in [-0.2, -0.15) is 0 Å². The van der Waals surface area contributed by atoms with Gasteiger partial charge in [-0.25, -0.2) is 8.42 Å². The molecule has 1 fully saturated rings. The molecule has 6 nitrogen and oxygen atoms in total. The fourth-order valence-electron chi connectivity index (χ4n) is 2.92. The van der Waals surface area contributed by atoms with Gasteiger partial charge >= 0.3 is 5.97 Å². The first-order valence-electron chi connectivity index (χ1n) is 8.44. The summed E-state index contributed by atoms with van der Waals surface area (Å²) in [5, 5.41) is 9.12. The van der Waals surface area contributed by atoms with E-state index in [0.717, 1.165) is 4.47 Å². The standard InChI is InChI=1S/C19H19BrO6S/c20-14-1-3-15(4-2-14)26-16-5-7-18(8-6-16)27(23,24)12-17-11-13(19(21)22)9-10-25-17/h1-8,13,17H,9-12H2,(H,21,22). The molecular formula is C19H19BrO6S. The SMILES string of the molecule is O=C(O)C1CCOC(CS(=O)(=O)c2ccc(Oc3ccc(Br)cc3)cc2)C1. The summed E-state index contributed by atoms with van der Waals surface area (Å²) in [6, 6.07) is 13.5. The van der Waals surface area contributed by atoms with Crippen molar-refractivity contribution in [3.63, 3.8) is 0 Å². The Labute approximate surface area is 166 Å². The van der Waals surface area contributed by atoms with Gasteiger partial charge in [-0.1, -0.05) is 15.9 Å². The second-order valence-electron chi connectivity index (χ2n) is 6.36. The highest BCUT2D eigenvalue weighted by molar-refractivity contribution is 9.10. The molecule has 1 N–H and O–H groups in total. The fraction of sp³-hybridized carbons (Fsp3) is 0.316. The second-order valence-corrected chi connectivity index (χ2v) is 9.31. The zero-order valence-electron chi connectivity index (χ0n) is 14.4. The van der Waals surface area contributed by atoms with Crippen LogP contribution in [0, 0.1) is 5.92 Å². The summed E-state index contributed by atoms with van der Waals surface area (Å²) in [5.74, 6) is -0.528. The molecule has 1 aliphatic heterocycles. The van der Waals surface area contributed by atoms with E-state index in [4.69, 9.17) is 14.6 Å². The fourth-order valence-corrected chi connectivity index (χ4v) is 4.64. The van der Waals surface area contributed by atoms with Crippen LogP contribution in [0.4, 0.5) is 0 Å². The van der Waals surface area contributed by atoms with Crippen molar-refractivity contribution in [3.8, 4) is 11.5 Å². The van der Waals surface area contributed by atoms with Gasteiger partial charge in [0.2, 0.25) is 0 Å². The number of hydrogen-bond acceptors (Lipinski definition) is 5. The molecule has 27 heavy (non-hydrogen) atoms. The van der Waals surface area contributed by atoms with E-state index in [9.17, 15) is 13.2 Å². The van der Waals surface area contributed by atoms with Crippen molar-refractivity contribution in [1.82, 2.24) is 0 Å². The third kappa shape index (κ3) is 5.31. The zero-order chi connectivity index (χ0) is 19.4. The van der Waals surface area contributed by atoms with Gasteiger partial charge in [-0.3, -0.25) is 4.79 Å². The molecule has 2 aromatic carbocycles. The van der Waals surface area contributed by atoms with Crippen LogP contribution in [-0.4, -0.2) is 38.0 Å². The van der Waals surface area contributed by atoms with Crippen LogP contribution in [0.5, 0.6) is 11.5 Å². The highest BCUT2D eigenvalue weighted by Crippen LogP contribution is 2.27. The lowest BCUT2D eigenvalue weighted by Gasteiger charge is -2.27. The summed E-state index contributed by atoms with van der Waals surface area (Å²) in [7, 11) is -3.58. The number of carboxylic acid groups (broad SMARTS) is 1. The molecule has 2 atom stereocenters. The van der Waals surface area contributed by atoms with Gasteiger partial charge in [0.05, 0.1) is 22.7 Å². The van der Waals surface area contributed by atoms with Crippen LogP contribution in [0.25, 0.3) is 0 Å². The molecule has 2 aromatic rings. The lowest BCUT2D eigenvalue weighted by Crippen LogP contribution is -2.34. The van der Waals surface area contributed by atoms with E-state index in [1.165, 1.54) is 12.1 Å². The van der Waals surface area contributed by atoms with Crippen LogP contribution in [0.15, 0.2) is 57.9 Å². The topological polar surface area (TPSA) is 89.9 Å². The summed E-state index contributed by atoms with van der Waals surface area (Å²) < 4.78 is 37.3. The van der Waals surface area contributed by atoms with Crippen LogP contribution >= 0.6 is 15.9 Å². The summed E-state index contributed by atoms with van der Waals surface area (Å²) in [4.78, 5) is 11.3. The number of ether oxygens (including phenoxy) is 2. The van der Waals surface area contributed by atoms with Gasteiger partial charge in [-0.05, 0) is 61.4 Å². The van der Waals surface area contributed by atoms with Gasteiger partial charge in [0, 0.05) is 11.1 Å². The number of halogens is 1. The van der Waals surface area contributed by atoms with Crippen molar-refractivity contribution in [2.45, 2.75) is 23.8 Å². The molecule has 1 aliphatic rings. The van der Waals surface area contributed by atoms with Gasteiger partial charge in [0.25, 0.3) is 0 Å². The van der Waals surface area contributed by atoms with Crippen molar-refractivity contribution >= 4 is 31.7 Å². The molecule has 0 bridgehead atoms. The van der Waals surface area contributed by atoms with Crippen LogP contribution in [0.1, 0.15) is 12.8 Å². The Morgan fingerprint density at radius 2 is 1.70 bits per heavy atom. The number of sulfone groups is 1. The zero-order valence-corrected chi connectivity index (χ0v) is 16.8. The maximum atomic E-state index is 12.6. The summed E-state index contributed by atoms with van der Waals surface area (Å²) in [6.45, 7) is 0.261. The third-order valence-corrected chi connectivity index (χ3v) is 6.68. The summed E-state index contributed by atoms with van der Waals surface area (Å²) in [6.07, 6.45) is 0.0105. The first kappa shape index (κ1) is 19.9. The normalized spacial score (nSPS) is 20.2. The number of rotatable bonds is 6. The molecule has 1 heterocycles. The van der Waals surface area contributed by atoms with E-state index in [1.807, 2.05) is 12.1 Å². The van der Waals surface area contributed by atoms with Crippen molar-refractivity contribution < 1.29 is 27.8 Å². The number of carbonyl (C=O) groups is 1. The van der Waals surface area contributed by atoms with Crippen LogP contribution in [0.2, 0.25) is 0 Å². The molecule has 0 spiro atoms. The summed E-state index contributed by atoms with van der Waals surface area (Å²) in [5.41, 5.74) is 0. The molecule has 0 aliphatic carbocycles. The average Bonchev–Trinajstić information content (AvgIpc) is 2.64. The minimum Gasteiger partial charge on any atom is -0.481 e. The monoisotopic (exact) mass is 454 g/mol. The average molecular weight is 455 g/mol. The maximum Gasteiger partial charge on any atom is 0.306 e. The van der Waals surface area contributed by atoms with E-state index in [-0.39, 0.29) is 23.7 Å². The molecular weight excluding hydrogens is 436 g/mol. The van der Waals surface area contributed by atoms with Crippen molar-refractivity contribution in [2.24, 2.45) is 5.92 Å². The quantitative estimate of drug-likeness (QED) is 0.711. The molecule has 0 aromatic heterocycles. The van der Waals surface area contributed by atoms with Gasteiger partial charge in [0.15, 0.2) is 9.84 Å². The Morgan fingerprint density at radius 3 is 2.30 bits per heavy atom. The number of carboxylic acids is 1. The first-order chi connectivity index (χ1) is 12.8. The minimum absolute atomic E-state index is 0.159. The molecule has 0 saturated carbocycles. The van der Waals surface area contributed by atoms with Crippen molar-refractivity contribution in [1.29, 1.82) is 0 Å². The van der Waals surface area contributed by atoms with Gasteiger partial charge in [-0.15, -0.1) is 0 Å². The van der Waals surface area contributed by atoms with Crippen molar-refractivity contribution in [2.75, 3.05) is 12.4 Å². The molecule has 0 radical (unpaired) electrons. The lowest BCUT2D eigenvalue weighted by molar-refractivity contribution is -0.146. The second kappa shape index (κ2) is 8.41. The van der Waals surface area contributed by atoms with Crippen LogP contribution in [0.3, 0.4) is 0 Å². The number of benzene rings is 2.